The molecule has 2 aromatic carbocycles. The van der Waals surface area contributed by atoms with Crippen LogP contribution in [0.3, 0.4) is 0 Å². The van der Waals surface area contributed by atoms with E-state index in [-0.39, 0.29) is 0 Å². The van der Waals surface area contributed by atoms with Gasteiger partial charge >= 0.3 is 5.97 Å². The maximum Gasteiger partial charge on any atom is 0.329 e. The third-order valence-electron chi connectivity index (χ3n) is 3.74. The molecule has 5 nitrogen and oxygen atoms in total. The van der Waals surface area contributed by atoms with Gasteiger partial charge < -0.3 is 9.84 Å². The van der Waals surface area contributed by atoms with Gasteiger partial charge in [0.15, 0.2) is 6.04 Å². The fourth-order valence-corrected chi connectivity index (χ4v) is 5.28. The van der Waals surface area contributed by atoms with E-state index in [2.05, 4.69) is 9.98 Å². The number of carboxylic acid groups (broad SMARTS) is 1. The van der Waals surface area contributed by atoms with Crippen molar-refractivity contribution in [2.24, 2.45) is 4.99 Å². The molecule has 9 heteroatoms. The number of fused-ring (bicyclic) bond motifs is 1. The number of thiazole rings is 1. The Kier molecular flexibility index (Phi) is 5.58. The molecule has 1 aromatic heterocycles. The van der Waals surface area contributed by atoms with E-state index in [1.807, 2.05) is 42.5 Å². The molecule has 1 N–H and O–H groups in total. The smallest absolute Gasteiger partial charge is 0.329 e. The predicted molar refractivity (Wildman–Crippen MR) is 113 cm³/mol. The van der Waals surface area contributed by atoms with E-state index in [1.165, 1.54) is 23.1 Å². The summed E-state index contributed by atoms with van der Waals surface area (Å²) in [5.74, 6) is 0.814. The molecular formula is C18H13ClN2O3S3. The second-order valence-electron chi connectivity index (χ2n) is 5.61. The lowest BCUT2D eigenvalue weighted by atomic mass is 10.3. The fourth-order valence-electron chi connectivity index (χ4n) is 2.40. The van der Waals surface area contributed by atoms with Gasteiger partial charge in [-0.1, -0.05) is 23.4 Å². The van der Waals surface area contributed by atoms with Crippen molar-refractivity contribution in [3.63, 3.8) is 0 Å². The molecule has 3 aromatic rings. The summed E-state index contributed by atoms with van der Waals surface area (Å²) in [6.07, 6.45) is 0. The summed E-state index contributed by atoms with van der Waals surface area (Å²) in [4.78, 5) is 21.0. The van der Waals surface area contributed by atoms with Crippen LogP contribution in [0.25, 0.3) is 10.2 Å². The first-order valence-electron chi connectivity index (χ1n) is 7.94. The largest absolute Gasteiger partial charge is 0.483 e. The molecule has 0 saturated heterocycles. The molecule has 1 aliphatic heterocycles. The predicted octanol–water partition coefficient (Wildman–Crippen LogP) is 5.02. The number of thioether (sulfide) groups is 2. The van der Waals surface area contributed by atoms with Gasteiger partial charge in [0.25, 0.3) is 0 Å². The van der Waals surface area contributed by atoms with Crippen LogP contribution in [0.4, 0.5) is 0 Å². The van der Waals surface area contributed by atoms with Gasteiger partial charge in [-0.2, -0.15) is 0 Å². The quantitative estimate of drug-likeness (QED) is 0.432. The summed E-state index contributed by atoms with van der Waals surface area (Å²) in [6, 6.07) is 12.7. The number of aliphatic imine (C=N–C) groups is 1. The van der Waals surface area contributed by atoms with Gasteiger partial charge in [-0.15, -0.1) is 23.1 Å². The molecule has 0 radical (unpaired) electrons. The monoisotopic (exact) mass is 436 g/mol. The summed E-state index contributed by atoms with van der Waals surface area (Å²) in [5.41, 5.74) is 0.856. The second-order valence-corrected chi connectivity index (χ2v) is 9.08. The molecule has 1 aliphatic rings. The summed E-state index contributed by atoms with van der Waals surface area (Å²) in [5, 5.41) is 11.2. The molecule has 0 spiro atoms. The summed E-state index contributed by atoms with van der Waals surface area (Å²) in [7, 11) is 0. The van der Waals surface area contributed by atoms with Crippen LogP contribution in [-0.4, -0.2) is 38.8 Å². The van der Waals surface area contributed by atoms with Gasteiger partial charge in [0.05, 0.1) is 10.2 Å². The van der Waals surface area contributed by atoms with Crippen molar-refractivity contribution in [3.8, 4) is 5.75 Å². The number of benzene rings is 2. The van der Waals surface area contributed by atoms with Crippen molar-refractivity contribution in [2.75, 3.05) is 11.7 Å². The highest BCUT2D eigenvalue weighted by Gasteiger charge is 2.26. The van der Waals surface area contributed by atoms with Crippen LogP contribution in [0.2, 0.25) is 5.02 Å². The average Bonchev–Trinajstić information content (AvgIpc) is 3.30. The molecule has 1 atom stereocenters. The van der Waals surface area contributed by atoms with E-state index < -0.39 is 12.0 Å². The lowest BCUT2D eigenvalue weighted by Crippen LogP contribution is -2.17. The minimum atomic E-state index is -0.896. The summed E-state index contributed by atoms with van der Waals surface area (Å²) < 4.78 is 6.81. The van der Waals surface area contributed by atoms with Crippen molar-refractivity contribution >= 4 is 67.7 Å². The highest BCUT2D eigenvalue weighted by molar-refractivity contribution is 8.15. The van der Waals surface area contributed by atoms with E-state index >= 15 is 0 Å². The molecule has 27 heavy (non-hydrogen) atoms. The maximum absolute atomic E-state index is 11.1. The van der Waals surface area contributed by atoms with E-state index in [0.717, 1.165) is 25.9 Å². The van der Waals surface area contributed by atoms with Crippen LogP contribution in [0.1, 0.15) is 5.01 Å². The van der Waals surface area contributed by atoms with Gasteiger partial charge in [0.1, 0.15) is 21.7 Å². The summed E-state index contributed by atoms with van der Waals surface area (Å²) >= 11 is 10.4. The van der Waals surface area contributed by atoms with Crippen molar-refractivity contribution in [2.45, 2.75) is 10.9 Å². The van der Waals surface area contributed by atoms with E-state index in [0.29, 0.717) is 21.8 Å². The number of aliphatic carboxylic acids is 1. The average molecular weight is 437 g/mol. The standard InChI is InChI=1S/C18H13ClN2O3S3/c19-10-1-4-12(5-2-10)26-9-24-11-3-6-13-15(7-11)27-17(20-13)16-21-14(8-25-16)18(22)23/h1-7,14H,8-9H2,(H,22,23)/t14-/m1/s1. The first kappa shape index (κ1) is 18.6. The third kappa shape index (κ3) is 4.40. The fraction of sp³-hybridized carbons (Fsp3) is 0.167. The lowest BCUT2D eigenvalue weighted by molar-refractivity contribution is -0.137. The van der Waals surface area contributed by atoms with E-state index in [1.54, 1.807) is 11.8 Å². The molecule has 4 rings (SSSR count). The Balaban J connectivity index is 1.44. The van der Waals surface area contributed by atoms with Crippen molar-refractivity contribution in [1.82, 2.24) is 4.98 Å². The Morgan fingerprint density at radius 2 is 2.11 bits per heavy atom. The van der Waals surface area contributed by atoms with Gasteiger partial charge in [0, 0.05) is 15.7 Å². The first-order valence-corrected chi connectivity index (χ1v) is 11.1. The molecule has 0 amide bonds. The van der Waals surface area contributed by atoms with Gasteiger partial charge in [-0.05, 0) is 42.5 Å². The topological polar surface area (TPSA) is 71.8 Å². The molecule has 138 valence electrons. The number of carbonyl (C=O) groups is 1. The highest BCUT2D eigenvalue weighted by atomic mass is 35.5. The number of aromatic nitrogens is 1. The Morgan fingerprint density at radius 1 is 1.30 bits per heavy atom. The molecule has 2 heterocycles. The SMILES string of the molecule is O=C(O)[C@H]1CSC(c2nc3ccc(OCSc4ccc(Cl)cc4)cc3s2)=N1. The maximum atomic E-state index is 11.1. The van der Waals surface area contributed by atoms with Crippen LogP contribution in [0, 0.1) is 0 Å². The zero-order valence-electron chi connectivity index (χ0n) is 13.8. The lowest BCUT2D eigenvalue weighted by Gasteiger charge is -2.05. The first-order chi connectivity index (χ1) is 13.1. The van der Waals surface area contributed by atoms with Crippen LogP contribution < -0.4 is 4.74 Å². The van der Waals surface area contributed by atoms with Gasteiger partial charge in [-0.25, -0.2) is 9.78 Å². The van der Waals surface area contributed by atoms with Gasteiger partial charge in [0.2, 0.25) is 0 Å². The molecule has 0 bridgehead atoms. The number of ether oxygens (including phenoxy) is 1. The van der Waals surface area contributed by atoms with Gasteiger partial charge in [-0.3, -0.25) is 4.99 Å². The number of halogens is 1. The number of hydrogen-bond acceptors (Lipinski definition) is 7. The number of nitrogens with zero attached hydrogens (tertiary/aromatic N) is 2. The van der Waals surface area contributed by atoms with Crippen LogP contribution in [0.15, 0.2) is 52.4 Å². The van der Waals surface area contributed by atoms with Crippen molar-refractivity contribution in [3.05, 3.63) is 52.5 Å². The summed E-state index contributed by atoms with van der Waals surface area (Å²) in [6.45, 7) is 0. The minimum Gasteiger partial charge on any atom is -0.483 e. The number of carboxylic acids is 1. The zero-order valence-corrected chi connectivity index (χ0v) is 17.0. The number of rotatable bonds is 6. The number of hydrogen-bond donors (Lipinski definition) is 1. The molecular weight excluding hydrogens is 424 g/mol. The zero-order chi connectivity index (χ0) is 18.8. The highest BCUT2D eigenvalue weighted by Crippen LogP contribution is 2.32. The normalized spacial score (nSPS) is 16.5. The van der Waals surface area contributed by atoms with Crippen LogP contribution >= 0.6 is 46.5 Å². The molecule has 0 fully saturated rings. The Bertz CT molecular complexity index is 1020. The Morgan fingerprint density at radius 3 is 2.85 bits per heavy atom. The molecule has 0 unspecified atom stereocenters. The Hall–Kier alpha value is -1.74. The van der Waals surface area contributed by atoms with E-state index in [9.17, 15) is 4.79 Å². The third-order valence-corrected chi connectivity index (χ3v) is 7.05. The molecule has 0 aliphatic carbocycles. The minimum absolute atomic E-state index is 0.455. The van der Waals surface area contributed by atoms with Crippen LogP contribution in [-0.2, 0) is 4.79 Å². The second kappa shape index (κ2) is 8.10. The van der Waals surface area contributed by atoms with Crippen LogP contribution in [0.5, 0.6) is 5.75 Å². The molecule has 0 saturated carbocycles. The van der Waals surface area contributed by atoms with E-state index in [4.69, 9.17) is 21.4 Å². The Labute approximate surface area is 172 Å². The van der Waals surface area contributed by atoms with Crippen molar-refractivity contribution < 1.29 is 14.6 Å². The van der Waals surface area contributed by atoms with Crippen molar-refractivity contribution in [1.29, 1.82) is 0 Å².